The van der Waals surface area contributed by atoms with E-state index in [0.29, 0.717) is 41.5 Å². The second kappa shape index (κ2) is 8.41. The van der Waals surface area contributed by atoms with Gasteiger partial charge in [0, 0.05) is 21.8 Å². The Morgan fingerprint density at radius 2 is 1.70 bits per heavy atom. The third-order valence-corrected chi connectivity index (χ3v) is 6.68. The van der Waals surface area contributed by atoms with Gasteiger partial charge in [-0.05, 0) is 42.3 Å². The van der Waals surface area contributed by atoms with Gasteiger partial charge in [0.25, 0.3) is 11.7 Å². The number of aliphatic hydroxyl groups is 1. The van der Waals surface area contributed by atoms with Gasteiger partial charge in [-0.25, -0.2) is 0 Å². The van der Waals surface area contributed by atoms with Crippen LogP contribution < -0.4 is 14.4 Å². The van der Waals surface area contributed by atoms with Gasteiger partial charge in [0.2, 0.25) is 0 Å². The molecule has 1 unspecified atom stereocenters. The fourth-order valence-electron chi connectivity index (χ4n) is 4.18. The summed E-state index contributed by atoms with van der Waals surface area (Å²) in [6, 6.07) is 18.8. The molecule has 1 saturated heterocycles. The van der Waals surface area contributed by atoms with Gasteiger partial charge < -0.3 is 14.6 Å². The Morgan fingerprint density at radius 1 is 0.970 bits per heavy atom. The van der Waals surface area contributed by atoms with E-state index in [2.05, 4.69) is 15.9 Å². The van der Waals surface area contributed by atoms with Crippen molar-refractivity contribution in [3.8, 4) is 11.5 Å². The van der Waals surface area contributed by atoms with Crippen LogP contribution in [0, 0.1) is 6.92 Å². The lowest BCUT2D eigenvalue weighted by atomic mass is 9.94. The van der Waals surface area contributed by atoms with E-state index in [1.54, 1.807) is 36.4 Å². The minimum atomic E-state index is -0.794. The Labute approximate surface area is 199 Å². The number of benzene rings is 3. The number of fused-ring (bicyclic) bond motifs is 1. The first-order valence-electron chi connectivity index (χ1n) is 10.5. The van der Waals surface area contributed by atoms with Crippen LogP contribution in [0.25, 0.3) is 5.76 Å². The van der Waals surface area contributed by atoms with Gasteiger partial charge in [-0.1, -0.05) is 52.3 Å². The van der Waals surface area contributed by atoms with Gasteiger partial charge in [0.05, 0.1) is 11.6 Å². The lowest BCUT2D eigenvalue weighted by Crippen LogP contribution is -2.29. The first-order valence-corrected chi connectivity index (χ1v) is 11.3. The summed E-state index contributed by atoms with van der Waals surface area (Å²) in [7, 11) is 0. The molecular weight excluding hydrogens is 486 g/mol. The molecule has 166 valence electrons. The Hall–Kier alpha value is -3.58. The van der Waals surface area contributed by atoms with Crippen molar-refractivity contribution in [2.75, 3.05) is 18.1 Å². The molecule has 1 fully saturated rings. The number of carbonyl (C=O) groups excluding carboxylic acids is 2. The number of rotatable bonds is 3. The number of amides is 1. The van der Waals surface area contributed by atoms with Gasteiger partial charge in [-0.3, -0.25) is 14.5 Å². The Bertz CT molecular complexity index is 1300. The summed E-state index contributed by atoms with van der Waals surface area (Å²) in [6.45, 7) is 2.75. The Kier molecular flexibility index (Phi) is 5.42. The summed E-state index contributed by atoms with van der Waals surface area (Å²) < 4.78 is 12.2. The SMILES string of the molecule is Cc1cc(/C(O)=C2\C(=O)C(=O)N(c3ccc4c(c3)OCCO4)C2c2ccccc2)ccc1Br. The smallest absolute Gasteiger partial charge is 0.300 e. The van der Waals surface area contributed by atoms with Crippen molar-refractivity contribution in [1.29, 1.82) is 0 Å². The number of carbonyl (C=O) groups is 2. The third kappa shape index (κ3) is 3.68. The van der Waals surface area contributed by atoms with E-state index >= 15 is 0 Å². The molecule has 1 atom stereocenters. The molecule has 1 N–H and O–H groups in total. The van der Waals surface area contributed by atoms with Crippen LogP contribution in [0.1, 0.15) is 22.7 Å². The van der Waals surface area contributed by atoms with E-state index in [0.717, 1.165) is 10.0 Å². The highest BCUT2D eigenvalue weighted by Crippen LogP contribution is 2.44. The molecule has 3 aromatic rings. The van der Waals surface area contributed by atoms with E-state index in [9.17, 15) is 14.7 Å². The second-order valence-electron chi connectivity index (χ2n) is 7.87. The topological polar surface area (TPSA) is 76.1 Å². The Morgan fingerprint density at radius 3 is 2.42 bits per heavy atom. The van der Waals surface area contributed by atoms with E-state index in [-0.39, 0.29) is 11.3 Å². The van der Waals surface area contributed by atoms with Crippen LogP contribution in [0.15, 0.2) is 76.8 Å². The molecule has 2 aliphatic heterocycles. The zero-order valence-corrected chi connectivity index (χ0v) is 19.3. The first kappa shape index (κ1) is 21.3. The van der Waals surface area contributed by atoms with Crippen molar-refractivity contribution in [2.45, 2.75) is 13.0 Å². The van der Waals surface area contributed by atoms with Crippen LogP contribution in [-0.2, 0) is 9.59 Å². The summed E-state index contributed by atoms with van der Waals surface area (Å²) in [4.78, 5) is 27.9. The molecule has 0 aliphatic carbocycles. The molecule has 0 saturated carbocycles. The maximum atomic E-state index is 13.3. The number of nitrogens with zero attached hydrogens (tertiary/aromatic N) is 1. The number of Topliss-reactive ketones (excluding diaryl/α,β-unsaturated/α-hetero) is 1. The van der Waals surface area contributed by atoms with E-state index in [1.165, 1.54) is 4.90 Å². The molecule has 0 radical (unpaired) electrons. The van der Waals surface area contributed by atoms with Crippen LogP contribution in [0.2, 0.25) is 0 Å². The number of ether oxygens (including phenoxy) is 2. The number of anilines is 1. The van der Waals surface area contributed by atoms with Gasteiger partial charge in [0.1, 0.15) is 19.0 Å². The van der Waals surface area contributed by atoms with Crippen LogP contribution in [0.5, 0.6) is 11.5 Å². The van der Waals surface area contributed by atoms with Gasteiger partial charge in [0.15, 0.2) is 11.5 Å². The maximum absolute atomic E-state index is 13.3. The van der Waals surface area contributed by atoms with Crippen molar-refractivity contribution in [3.05, 3.63) is 93.5 Å². The van der Waals surface area contributed by atoms with Gasteiger partial charge in [-0.15, -0.1) is 0 Å². The fraction of sp³-hybridized carbons (Fsp3) is 0.154. The molecule has 0 bridgehead atoms. The molecule has 3 aromatic carbocycles. The number of ketones is 1. The number of hydrogen-bond acceptors (Lipinski definition) is 5. The lowest BCUT2D eigenvalue weighted by Gasteiger charge is -2.27. The fourth-order valence-corrected chi connectivity index (χ4v) is 4.43. The summed E-state index contributed by atoms with van der Waals surface area (Å²) in [5.41, 5.74) is 2.61. The van der Waals surface area contributed by atoms with Crippen LogP contribution in [-0.4, -0.2) is 30.0 Å². The van der Waals surface area contributed by atoms with Crippen LogP contribution in [0.3, 0.4) is 0 Å². The molecule has 33 heavy (non-hydrogen) atoms. The van der Waals surface area contributed by atoms with Crippen molar-refractivity contribution >= 4 is 39.1 Å². The van der Waals surface area contributed by atoms with Crippen LogP contribution >= 0.6 is 15.9 Å². The predicted octanol–water partition coefficient (Wildman–Crippen LogP) is 5.16. The number of aryl methyl sites for hydroxylation is 1. The van der Waals surface area contributed by atoms with Gasteiger partial charge in [-0.2, -0.15) is 0 Å². The number of hydrogen-bond donors (Lipinski definition) is 1. The summed E-state index contributed by atoms with van der Waals surface area (Å²) in [5.74, 6) is -0.565. The van der Waals surface area contributed by atoms with E-state index in [4.69, 9.17) is 9.47 Å². The zero-order chi connectivity index (χ0) is 23.1. The average molecular weight is 506 g/mol. The minimum Gasteiger partial charge on any atom is -0.507 e. The molecule has 5 rings (SSSR count). The predicted molar refractivity (Wildman–Crippen MR) is 128 cm³/mol. The highest BCUT2D eigenvalue weighted by Gasteiger charge is 2.47. The van der Waals surface area contributed by atoms with E-state index in [1.807, 2.05) is 37.3 Å². The average Bonchev–Trinajstić information content (AvgIpc) is 3.11. The molecule has 0 spiro atoms. The lowest BCUT2D eigenvalue weighted by molar-refractivity contribution is -0.132. The standard InChI is InChI=1S/C26H20BrNO5/c1-15-13-17(7-9-19(15)27)24(29)22-23(16-5-3-2-4-6-16)28(26(31)25(22)30)18-8-10-20-21(14-18)33-12-11-32-20/h2-10,13-14,23,29H,11-12H2,1H3/b24-22+. The van der Waals surface area contributed by atoms with Gasteiger partial charge >= 0.3 is 0 Å². The molecule has 7 heteroatoms. The minimum absolute atomic E-state index is 0.0443. The zero-order valence-electron chi connectivity index (χ0n) is 17.7. The monoisotopic (exact) mass is 505 g/mol. The summed E-state index contributed by atoms with van der Waals surface area (Å²) in [6.07, 6.45) is 0. The van der Waals surface area contributed by atoms with Crippen LogP contribution in [0.4, 0.5) is 5.69 Å². The summed E-state index contributed by atoms with van der Waals surface area (Å²) >= 11 is 3.45. The van der Waals surface area contributed by atoms with E-state index < -0.39 is 17.7 Å². The molecular formula is C26H20BrNO5. The highest BCUT2D eigenvalue weighted by molar-refractivity contribution is 9.10. The second-order valence-corrected chi connectivity index (χ2v) is 8.73. The maximum Gasteiger partial charge on any atom is 0.300 e. The normalized spacial score (nSPS) is 19.1. The molecule has 0 aromatic heterocycles. The number of aliphatic hydroxyl groups excluding tert-OH is 1. The van der Waals surface area contributed by atoms with Crippen molar-refractivity contribution in [3.63, 3.8) is 0 Å². The third-order valence-electron chi connectivity index (χ3n) is 5.80. The molecule has 6 nitrogen and oxygen atoms in total. The van der Waals surface area contributed by atoms with Crippen molar-refractivity contribution in [2.24, 2.45) is 0 Å². The van der Waals surface area contributed by atoms with Crippen molar-refractivity contribution in [1.82, 2.24) is 0 Å². The van der Waals surface area contributed by atoms with Crippen molar-refractivity contribution < 1.29 is 24.2 Å². The summed E-state index contributed by atoms with van der Waals surface area (Å²) in [5, 5.41) is 11.2. The molecule has 2 aliphatic rings. The first-order chi connectivity index (χ1) is 16.0. The quantitative estimate of drug-likeness (QED) is 0.302. The Balaban J connectivity index is 1.69. The molecule has 2 heterocycles. The molecule has 1 amide bonds. The highest BCUT2D eigenvalue weighted by atomic mass is 79.9. The largest absolute Gasteiger partial charge is 0.507 e. The number of halogens is 1.